The number of aromatic nitrogens is 3. The van der Waals surface area contributed by atoms with E-state index in [0.29, 0.717) is 23.2 Å². The van der Waals surface area contributed by atoms with Gasteiger partial charge >= 0.3 is 18.1 Å². The van der Waals surface area contributed by atoms with Crippen molar-refractivity contribution in [2.45, 2.75) is 33.1 Å². The number of alkyl halides is 3. The first-order valence-corrected chi connectivity index (χ1v) is 9.12. The number of aryl methyl sites for hydroxylation is 1. The number of ether oxygens (including phenoxy) is 2. The van der Waals surface area contributed by atoms with Crippen molar-refractivity contribution in [1.29, 1.82) is 0 Å². The van der Waals surface area contributed by atoms with Gasteiger partial charge in [-0.3, -0.25) is 0 Å². The Hall–Kier alpha value is -3.63. The number of methoxy groups -OCH3 is 1. The van der Waals surface area contributed by atoms with E-state index >= 15 is 0 Å². The van der Waals surface area contributed by atoms with Crippen LogP contribution < -0.4 is 0 Å². The van der Waals surface area contributed by atoms with Gasteiger partial charge in [0.05, 0.1) is 18.2 Å². The van der Waals surface area contributed by atoms with Gasteiger partial charge in [-0.05, 0) is 31.0 Å². The smallest absolute Gasteiger partial charge is 0.416 e. The highest BCUT2D eigenvalue weighted by molar-refractivity contribution is 5.98. The number of halogens is 3. The highest BCUT2D eigenvalue weighted by atomic mass is 19.4. The van der Waals surface area contributed by atoms with Crippen LogP contribution in [0.15, 0.2) is 28.8 Å². The fraction of sp³-hybridized carbons (Fsp3) is 0.300. The van der Waals surface area contributed by atoms with Crippen LogP contribution in [-0.4, -0.2) is 34.2 Å². The second-order valence-corrected chi connectivity index (χ2v) is 6.49. The van der Waals surface area contributed by atoms with Crippen LogP contribution in [0.25, 0.3) is 11.4 Å². The Balaban J connectivity index is 1.70. The number of aromatic amines is 1. The van der Waals surface area contributed by atoms with E-state index in [4.69, 9.17) is 14.0 Å². The van der Waals surface area contributed by atoms with Crippen LogP contribution >= 0.6 is 0 Å². The zero-order valence-corrected chi connectivity index (χ0v) is 16.8. The van der Waals surface area contributed by atoms with Gasteiger partial charge in [0, 0.05) is 11.3 Å². The molecule has 0 saturated heterocycles. The monoisotopic (exact) mass is 437 g/mol. The Labute approximate surface area is 174 Å². The number of esters is 2. The van der Waals surface area contributed by atoms with Crippen LogP contribution in [0.2, 0.25) is 0 Å². The molecule has 2 aromatic heterocycles. The van der Waals surface area contributed by atoms with Gasteiger partial charge in [-0.2, -0.15) is 18.2 Å². The van der Waals surface area contributed by atoms with Crippen LogP contribution in [-0.2, 0) is 28.7 Å². The lowest BCUT2D eigenvalue weighted by Crippen LogP contribution is -2.08. The largest absolute Gasteiger partial charge is 0.465 e. The molecule has 164 valence electrons. The Kier molecular flexibility index (Phi) is 6.14. The molecule has 0 aliphatic carbocycles. The van der Waals surface area contributed by atoms with Crippen LogP contribution in [0, 0.1) is 6.92 Å². The molecule has 0 fully saturated rings. The summed E-state index contributed by atoms with van der Waals surface area (Å²) >= 11 is 0. The Bertz CT molecular complexity index is 1100. The molecule has 1 N–H and O–H groups in total. The van der Waals surface area contributed by atoms with E-state index in [1.165, 1.54) is 19.2 Å². The molecule has 1 aromatic carbocycles. The first kappa shape index (κ1) is 22.1. The fourth-order valence-electron chi connectivity index (χ4n) is 2.94. The second-order valence-electron chi connectivity index (χ2n) is 6.49. The summed E-state index contributed by atoms with van der Waals surface area (Å²) in [4.78, 5) is 31.3. The molecule has 0 radical (unpaired) electrons. The summed E-state index contributed by atoms with van der Waals surface area (Å²) in [5, 5.41) is 3.68. The SMILES string of the molecule is CCc1[nH]c(C(=O)OCc2nc(-c3ccc(C(F)(F)F)cc3)no2)c(C)c1C(=O)OC. The number of H-pyrrole nitrogens is 1. The number of nitrogens with zero attached hydrogens (tertiary/aromatic N) is 2. The molecule has 2 heterocycles. The topological polar surface area (TPSA) is 107 Å². The molecular weight excluding hydrogens is 419 g/mol. The Morgan fingerprint density at radius 2 is 1.84 bits per heavy atom. The first-order chi connectivity index (χ1) is 14.7. The summed E-state index contributed by atoms with van der Waals surface area (Å²) < 4.78 is 52.9. The molecular formula is C20H18F3N3O5. The van der Waals surface area contributed by atoms with Crippen molar-refractivity contribution in [3.05, 3.63) is 58.2 Å². The van der Waals surface area contributed by atoms with E-state index in [-0.39, 0.29) is 29.6 Å². The molecule has 11 heteroatoms. The zero-order valence-electron chi connectivity index (χ0n) is 16.8. The number of hydrogen-bond donors (Lipinski definition) is 1. The van der Waals surface area contributed by atoms with Gasteiger partial charge in [0.25, 0.3) is 5.89 Å². The molecule has 0 spiro atoms. The number of benzene rings is 1. The summed E-state index contributed by atoms with van der Waals surface area (Å²) in [6, 6.07) is 4.24. The van der Waals surface area contributed by atoms with E-state index in [2.05, 4.69) is 15.1 Å². The zero-order chi connectivity index (χ0) is 22.8. The normalized spacial score (nSPS) is 11.4. The van der Waals surface area contributed by atoms with E-state index in [0.717, 1.165) is 12.1 Å². The minimum Gasteiger partial charge on any atom is -0.465 e. The predicted molar refractivity (Wildman–Crippen MR) is 100 cm³/mol. The molecule has 0 unspecified atom stereocenters. The lowest BCUT2D eigenvalue weighted by atomic mass is 10.1. The molecule has 0 amide bonds. The van der Waals surface area contributed by atoms with Crippen LogP contribution in [0.1, 0.15) is 50.5 Å². The summed E-state index contributed by atoms with van der Waals surface area (Å²) in [6.45, 7) is 3.04. The van der Waals surface area contributed by atoms with E-state index < -0.39 is 23.7 Å². The highest BCUT2D eigenvalue weighted by Gasteiger charge is 2.30. The molecule has 0 aliphatic heterocycles. The first-order valence-electron chi connectivity index (χ1n) is 9.12. The standard InChI is InChI=1S/C20H18F3N3O5/c1-4-13-15(18(27)29-3)10(2)16(24-13)19(28)30-9-14-25-17(26-31-14)11-5-7-12(8-6-11)20(21,22)23/h5-8,24H,4,9H2,1-3H3. The van der Waals surface area contributed by atoms with E-state index in [9.17, 15) is 22.8 Å². The summed E-state index contributed by atoms with van der Waals surface area (Å²) in [5.41, 5.74) is 0.820. The number of nitrogens with one attached hydrogen (secondary N) is 1. The minimum atomic E-state index is -4.45. The van der Waals surface area contributed by atoms with Crippen molar-refractivity contribution in [3.63, 3.8) is 0 Å². The molecule has 8 nitrogen and oxygen atoms in total. The fourth-order valence-corrected chi connectivity index (χ4v) is 2.94. The lowest BCUT2D eigenvalue weighted by Gasteiger charge is -2.05. The average molecular weight is 437 g/mol. The van der Waals surface area contributed by atoms with E-state index in [1.807, 2.05) is 6.92 Å². The third-order valence-corrected chi connectivity index (χ3v) is 4.54. The van der Waals surface area contributed by atoms with Crippen molar-refractivity contribution < 1.29 is 36.8 Å². The minimum absolute atomic E-state index is 0.0450. The van der Waals surface area contributed by atoms with E-state index in [1.54, 1.807) is 6.92 Å². The maximum absolute atomic E-state index is 12.7. The maximum Gasteiger partial charge on any atom is 0.416 e. The Morgan fingerprint density at radius 3 is 2.42 bits per heavy atom. The third-order valence-electron chi connectivity index (χ3n) is 4.54. The van der Waals surface area contributed by atoms with Crippen LogP contribution in [0.5, 0.6) is 0 Å². The summed E-state index contributed by atoms with van der Waals surface area (Å²) in [5.74, 6) is -1.30. The van der Waals surface area contributed by atoms with Gasteiger partial charge in [0.2, 0.25) is 5.82 Å². The van der Waals surface area contributed by atoms with Crippen LogP contribution in [0.4, 0.5) is 13.2 Å². The Morgan fingerprint density at radius 1 is 1.16 bits per heavy atom. The van der Waals surface area contributed by atoms with Gasteiger partial charge in [-0.15, -0.1) is 0 Å². The molecule has 31 heavy (non-hydrogen) atoms. The van der Waals surface area contributed by atoms with Crippen molar-refractivity contribution >= 4 is 11.9 Å². The average Bonchev–Trinajstić information content (AvgIpc) is 3.35. The van der Waals surface area contributed by atoms with Crippen LogP contribution in [0.3, 0.4) is 0 Å². The number of carbonyl (C=O) groups is 2. The molecule has 0 atom stereocenters. The number of rotatable bonds is 6. The van der Waals surface area contributed by atoms with Gasteiger partial charge in [-0.1, -0.05) is 24.2 Å². The number of hydrogen-bond acceptors (Lipinski definition) is 7. The lowest BCUT2D eigenvalue weighted by molar-refractivity contribution is -0.137. The van der Waals surface area contributed by atoms with Crippen molar-refractivity contribution in [3.8, 4) is 11.4 Å². The molecule has 0 aliphatic rings. The second kappa shape index (κ2) is 8.62. The van der Waals surface area contributed by atoms with Gasteiger partial charge in [-0.25, -0.2) is 9.59 Å². The van der Waals surface area contributed by atoms with Crippen molar-refractivity contribution in [1.82, 2.24) is 15.1 Å². The predicted octanol–water partition coefficient (Wildman–Crippen LogP) is 4.10. The van der Waals surface area contributed by atoms with Gasteiger partial charge in [0.1, 0.15) is 5.69 Å². The van der Waals surface area contributed by atoms with Crippen molar-refractivity contribution in [2.24, 2.45) is 0 Å². The maximum atomic E-state index is 12.7. The molecule has 0 saturated carbocycles. The quantitative estimate of drug-likeness (QED) is 0.579. The molecule has 3 aromatic rings. The summed E-state index contributed by atoms with van der Waals surface area (Å²) in [6.07, 6.45) is -3.98. The molecule has 0 bridgehead atoms. The van der Waals surface area contributed by atoms with Gasteiger partial charge < -0.3 is 19.0 Å². The third kappa shape index (κ3) is 4.60. The molecule has 3 rings (SSSR count). The van der Waals surface area contributed by atoms with Gasteiger partial charge in [0.15, 0.2) is 6.61 Å². The van der Waals surface area contributed by atoms with Crippen molar-refractivity contribution in [2.75, 3.05) is 7.11 Å². The highest BCUT2D eigenvalue weighted by Crippen LogP contribution is 2.30. The number of carbonyl (C=O) groups excluding carboxylic acids is 2. The summed E-state index contributed by atoms with van der Waals surface area (Å²) in [7, 11) is 1.25.